The molecule has 0 amide bonds. The van der Waals surface area contributed by atoms with Crippen LogP contribution in [0.15, 0.2) is 85.1 Å². The van der Waals surface area contributed by atoms with Crippen LogP contribution in [-0.2, 0) is 0 Å². The molecule has 0 bridgehead atoms. The summed E-state index contributed by atoms with van der Waals surface area (Å²) in [7, 11) is 0. The quantitative estimate of drug-likeness (QED) is 0.347. The molecule has 2 aromatic heterocycles. The minimum absolute atomic E-state index is 0.432. The molecule has 2 heteroatoms. The summed E-state index contributed by atoms with van der Waals surface area (Å²) in [4.78, 5) is 9.63. The van der Waals surface area contributed by atoms with Gasteiger partial charge in [0, 0.05) is 22.9 Å². The summed E-state index contributed by atoms with van der Waals surface area (Å²) in [5.41, 5.74) is 9.00. The smallest absolute Gasteiger partial charge is 0.0712 e. The molecule has 0 spiro atoms. The van der Waals surface area contributed by atoms with E-state index >= 15 is 0 Å². The van der Waals surface area contributed by atoms with Gasteiger partial charge in [-0.15, -0.1) is 0 Å². The van der Waals surface area contributed by atoms with E-state index in [1.807, 2.05) is 12.3 Å². The molecule has 150 valence electrons. The third-order valence-electron chi connectivity index (χ3n) is 5.49. The monoisotopic (exact) mass is 392 g/mol. The molecule has 0 aliphatic heterocycles. The second kappa shape index (κ2) is 8.62. The van der Waals surface area contributed by atoms with Crippen molar-refractivity contribution >= 4 is 0 Å². The van der Waals surface area contributed by atoms with Gasteiger partial charge in [-0.3, -0.25) is 4.98 Å². The fraction of sp³-hybridized carbons (Fsp3) is 0.214. The van der Waals surface area contributed by atoms with Crippen molar-refractivity contribution < 1.29 is 0 Å². The number of hydrogen-bond acceptors (Lipinski definition) is 2. The molecule has 2 nitrogen and oxygen atoms in total. The number of nitrogens with zero attached hydrogens (tertiary/aromatic N) is 2. The van der Waals surface area contributed by atoms with Gasteiger partial charge in [0.25, 0.3) is 0 Å². The third kappa shape index (κ3) is 4.33. The predicted octanol–water partition coefficient (Wildman–Crippen LogP) is 7.72. The van der Waals surface area contributed by atoms with Crippen molar-refractivity contribution in [1.82, 2.24) is 9.97 Å². The first-order valence-corrected chi connectivity index (χ1v) is 10.7. The fourth-order valence-electron chi connectivity index (χ4n) is 3.59. The van der Waals surface area contributed by atoms with Crippen LogP contribution < -0.4 is 0 Å². The number of aromatic nitrogens is 2. The molecular weight excluding hydrogens is 364 g/mol. The maximum Gasteiger partial charge on any atom is 0.0712 e. The first-order chi connectivity index (χ1) is 14.5. The highest BCUT2D eigenvalue weighted by atomic mass is 14.7. The standard InChI is InChI=1S/C28H28N2/c1-19(2)22-13-14-29-26(16-22)23-11-8-12-24(15-23)28-18-25(20(3)4)17-27(30-28)21-9-6-5-7-10-21/h5-20H,1-4H3. The second-order valence-corrected chi connectivity index (χ2v) is 8.40. The molecule has 0 unspecified atom stereocenters. The predicted molar refractivity (Wildman–Crippen MR) is 127 cm³/mol. The summed E-state index contributed by atoms with van der Waals surface area (Å²) in [6.45, 7) is 8.88. The molecule has 0 aliphatic carbocycles. The van der Waals surface area contributed by atoms with Gasteiger partial charge in [-0.1, -0.05) is 76.2 Å². The van der Waals surface area contributed by atoms with E-state index in [4.69, 9.17) is 4.98 Å². The number of pyridine rings is 2. The van der Waals surface area contributed by atoms with Crippen LogP contribution in [0.3, 0.4) is 0 Å². The maximum absolute atomic E-state index is 5.02. The first-order valence-electron chi connectivity index (χ1n) is 10.7. The van der Waals surface area contributed by atoms with E-state index < -0.39 is 0 Å². The van der Waals surface area contributed by atoms with E-state index in [0.29, 0.717) is 11.8 Å². The Morgan fingerprint density at radius 2 is 1.10 bits per heavy atom. The lowest BCUT2D eigenvalue weighted by atomic mass is 9.97. The van der Waals surface area contributed by atoms with Gasteiger partial charge < -0.3 is 0 Å². The van der Waals surface area contributed by atoms with Crippen LogP contribution in [0.2, 0.25) is 0 Å². The summed E-state index contributed by atoms with van der Waals surface area (Å²) in [5.74, 6) is 0.912. The maximum atomic E-state index is 5.02. The second-order valence-electron chi connectivity index (χ2n) is 8.40. The summed E-state index contributed by atoms with van der Waals surface area (Å²) in [6, 6.07) is 27.7. The molecule has 4 rings (SSSR count). The van der Waals surface area contributed by atoms with Gasteiger partial charge in [0.15, 0.2) is 0 Å². The summed E-state index contributed by atoms with van der Waals surface area (Å²) in [6.07, 6.45) is 1.91. The lowest BCUT2D eigenvalue weighted by Crippen LogP contribution is -1.95. The van der Waals surface area contributed by atoms with Gasteiger partial charge in [0.2, 0.25) is 0 Å². The SMILES string of the molecule is CC(C)c1ccnc(-c2cccc(-c3cc(C(C)C)cc(-c4ccccc4)n3)c2)c1. The Labute approximate surface area is 179 Å². The Hall–Kier alpha value is -3.26. The molecule has 0 atom stereocenters. The van der Waals surface area contributed by atoms with Gasteiger partial charge in [-0.25, -0.2) is 4.98 Å². The molecule has 0 fully saturated rings. The van der Waals surface area contributed by atoms with Crippen LogP contribution in [0.1, 0.15) is 50.7 Å². The van der Waals surface area contributed by atoms with Crippen LogP contribution in [0.4, 0.5) is 0 Å². The number of benzene rings is 2. The topological polar surface area (TPSA) is 25.8 Å². The number of rotatable bonds is 5. The van der Waals surface area contributed by atoms with Crippen molar-refractivity contribution in [2.45, 2.75) is 39.5 Å². The van der Waals surface area contributed by atoms with Crippen molar-refractivity contribution in [1.29, 1.82) is 0 Å². The van der Waals surface area contributed by atoms with E-state index in [0.717, 1.165) is 33.8 Å². The van der Waals surface area contributed by atoms with Crippen LogP contribution in [0, 0.1) is 0 Å². The van der Waals surface area contributed by atoms with Gasteiger partial charge in [0.05, 0.1) is 17.1 Å². The van der Waals surface area contributed by atoms with Crippen LogP contribution >= 0.6 is 0 Å². The molecule has 0 N–H and O–H groups in total. The van der Waals surface area contributed by atoms with Gasteiger partial charge in [-0.2, -0.15) is 0 Å². The minimum atomic E-state index is 0.432. The van der Waals surface area contributed by atoms with Crippen molar-refractivity contribution in [3.05, 3.63) is 96.2 Å². The molecular formula is C28H28N2. The van der Waals surface area contributed by atoms with Gasteiger partial charge >= 0.3 is 0 Å². The van der Waals surface area contributed by atoms with E-state index in [2.05, 4.69) is 105 Å². The van der Waals surface area contributed by atoms with Crippen molar-refractivity contribution in [2.75, 3.05) is 0 Å². The molecule has 0 aliphatic rings. The van der Waals surface area contributed by atoms with Crippen LogP contribution in [0.25, 0.3) is 33.8 Å². The van der Waals surface area contributed by atoms with Crippen molar-refractivity contribution in [3.8, 4) is 33.8 Å². The van der Waals surface area contributed by atoms with Gasteiger partial charge in [0.1, 0.15) is 0 Å². The molecule has 0 radical (unpaired) electrons. The molecule has 0 saturated heterocycles. The third-order valence-corrected chi connectivity index (χ3v) is 5.49. The highest BCUT2D eigenvalue weighted by molar-refractivity contribution is 5.72. The molecule has 30 heavy (non-hydrogen) atoms. The molecule has 0 saturated carbocycles. The van der Waals surface area contributed by atoms with E-state index in [1.54, 1.807) is 0 Å². The average Bonchev–Trinajstić information content (AvgIpc) is 2.79. The lowest BCUT2D eigenvalue weighted by Gasteiger charge is -2.13. The van der Waals surface area contributed by atoms with E-state index in [-0.39, 0.29) is 0 Å². The zero-order valence-electron chi connectivity index (χ0n) is 18.1. The van der Waals surface area contributed by atoms with Crippen molar-refractivity contribution in [2.24, 2.45) is 0 Å². The Bertz CT molecular complexity index is 1140. The summed E-state index contributed by atoms with van der Waals surface area (Å²) >= 11 is 0. The van der Waals surface area contributed by atoms with Crippen molar-refractivity contribution in [3.63, 3.8) is 0 Å². The Morgan fingerprint density at radius 1 is 0.533 bits per heavy atom. The van der Waals surface area contributed by atoms with Gasteiger partial charge in [-0.05, 0) is 53.3 Å². The first kappa shape index (κ1) is 20.0. The molecule has 2 heterocycles. The minimum Gasteiger partial charge on any atom is -0.256 e. The normalized spacial score (nSPS) is 11.3. The van der Waals surface area contributed by atoms with Crippen LogP contribution in [-0.4, -0.2) is 9.97 Å². The largest absolute Gasteiger partial charge is 0.256 e. The zero-order chi connectivity index (χ0) is 21.1. The number of hydrogen-bond donors (Lipinski definition) is 0. The zero-order valence-corrected chi connectivity index (χ0v) is 18.1. The lowest BCUT2D eigenvalue weighted by molar-refractivity contribution is 0.864. The Kier molecular flexibility index (Phi) is 5.76. The Morgan fingerprint density at radius 3 is 1.77 bits per heavy atom. The van der Waals surface area contributed by atoms with Crippen LogP contribution in [0.5, 0.6) is 0 Å². The highest BCUT2D eigenvalue weighted by Crippen LogP contribution is 2.30. The summed E-state index contributed by atoms with van der Waals surface area (Å²) < 4.78 is 0. The Balaban J connectivity index is 1.80. The van der Waals surface area contributed by atoms with E-state index in [9.17, 15) is 0 Å². The average molecular weight is 393 g/mol. The summed E-state index contributed by atoms with van der Waals surface area (Å²) in [5, 5.41) is 0. The fourth-order valence-corrected chi connectivity index (χ4v) is 3.59. The van der Waals surface area contributed by atoms with E-state index in [1.165, 1.54) is 11.1 Å². The molecule has 4 aromatic rings. The highest BCUT2D eigenvalue weighted by Gasteiger charge is 2.11. The molecule has 2 aromatic carbocycles.